The number of hydrogen-bond acceptors (Lipinski definition) is 5. The van der Waals surface area contributed by atoms with Gasteiger partial charge in [-0.1, -0.05) is 54.1 Å². The van der Waals surface area contributed by atoms with Gasteiger partial charge in [0.1, 0.15) is 17.3 Å². The number of hydrogen-bond donors (Lipinski definition) is 2. The third-order valence-electron chi connectivity index (χ3n) is 5.55. The first-order valence-electron chi connectivity index (χ1n) is 10.9. The second-order valence-electron chi connectivity index (χ2n) is 7.97. The Bertz CT molecular complexity index is 1590. The Labute approximate surface area is 214 Å². The van der Waals surface area contributed by atoms with Crippen LogP contribution in [0.2, 0.25) is 5.02 Å². The molecule has 180 valence electrons. The lowest BCUT2D eigenvalue weighted by Gasteiger charge is -2.11. The standard InChI is InChI=1S/C26H19ClFN5O2S/c1-15-17(13-16-7-3-2-4-8-16)24(34)31-26(29-15)33-22(14-20(32-33)21-11-6-12-36-21)30-25(35)23-18(27)9-5-10-19(23)28/h2-12,14H,13H2,1H3,(H,30,35)(H,29,31,34). The number of aromatic nitrogens is 4. The SMILES string of the molecule is Cc1nc(-n2nc(-c3cccs3)cc2NC(=O)c2c(F)cccc2Cl)[nH]c(=O)c1Cc1ccccc1. The number of carbonyl (C=O) groups is 1. The molecule has 5 rings (SSSR count). The van der Waals surface area contributed by atoms with Gasteiger partial charge in [0.25, 0.3) is 11.5 Å². The summed E-state index contributed by atoms with van der Waals surface area (Å²) < 4.78 is 15.7. The zero-order valence-corrected chi connectivity index (χ0v) is 20.5. The van der Waals surface area contributed by atoms with Gasteiger partial charge in [0.15, 0.2) is 0 Å². The van der Waals surface area contributed by atoms with Gasteiger partial charge in [-0.2, -0.15) is 9.78 Å². The zero-order valence-electron chi connectivity index (χ0n) is 19.0. The van der Waals surface area contributed by atoms with Crippen LogP contribution in [-0.4, -0.2) is 25.7 Å². The van der Waals surface area contributed by atoms with Crippen LogP contribution in [-0.2, 0) is 6.42 Å². The highest BCUT2D eigenvalue weighted by Gasteiger charge is 2.21. The summed E-state index contributed by atoms with van der Waals surface area (Å²) in [4.78, 5) is 34.2. The van der Waals surface area contributed by atoms with E-state index in [0.29, 0.717) is 23.4 Å². The van der Waals surface area contributed by atoms with E-state index in [2.05, 4.69) is 20.4 Å². The molecule has 0 unspecified atom stereocenters. The Kier molecular flexibility index (Phi) is 6.49. The van der Waals surface area contributed by atoms with Crippen molar-refractivity contribution in [2.75, 3.05) is 5.32 Å². The van der Waals surface area contributed by atoms with Crippen molar-refractivity contribution < 1.29 is 9.18 Å². The lowest BCUT2D eigenvalue weighted by molar-refractivity contribution is 0.102. The van der Waals surface area contributed by atoms with Crippen LogP contribution < -0.4 is 10.9 Å². The van der Waals surface area contributed by atoms with Crippen molar-refractivity contribution in [1.29, 1.82) is 0 Å². The molecule has 3 heterocycles. The van der Waals surface area contributed by atoms with Gasteiger partial charge in [-0.25, -0.2) is 9.37 Å². The number of benzene rings is 2. The number of aryl methyl sites for hydroxylation is 1. The summed E-state index contributed by atoms with van der Waals surface area (Å²) in [6, 6.07) is 19.0. The number of nitrogens with zero attached hydrogens (tertiary/aromatic N) is 3. The fourth-order valence-electron chi connectivity index (χ4n) is 3.77. The fraction of sp³-hybridized carbons (Fsp3) is 0.0769. The summed E-state index contributed by atoms with van der Waals surface area (Å²) in [7, 11) is 0. The average molecular weight is 520 g/mol. The van der Waals surface area contributed by atoms with E-state index in [9.17, 15) is 14.0 Å². The Morgan fingerprint density at radius 2 is 1.94 bits per heavy atom. The molecule has 0 spiro atoms. The van der Waals surface area contributed by atoms with Crippen molar-refractivity contribution >= 4 is 34.7 Å². The van der Waals surface area contributed by atoms with Crippen molar-refractivity contribution in [1.82, 2.24) is 19.7 Å². The van der Waals surface area contributed by atoms with Gasteiger partial charge >= 0.3 is 0 Å². The third kappa shape index (κ3) is 4.71. The first-order valence-corrected chi connectivity index (χ1v) is 12.2. The van der Waals surface area contributed by atoms with E-state index in [-0.39, 0.29) is 27.9 Å². The number of anilines is 1. The minimum absolute atomic E-state index is 0.0234. The van der Waals surface area contributed by atoms with E-state index in [1.807, 2.05) is 47.8 Å². The molecule has 0 saturated heterocycles. The maximum Gasteiger partial charge on any atom is 0.261 e. The van der Waals surface area contributed by atoms with Crippen LogP contribution in [0.15, 0.2) is 76.9 Å². The van der Waals surface area contributed by atoms with E-state index in [1.165, 1.54) is 28.2 Å². The molecule has 2 N–H and O–H groups in total. The summed E-state index contributed by atoms with van der Waals surface area (Å²) in [5, 5.41) is 9.10. The van der Waals surface area contributed by atoms with Gasteiger partial charge in [0, 0.05) is 18.1 Å². The quantitative estimate of drug-likeness (QED) is 0.304. The summed E-state index contributed by atoms with van der Waals surface area (Å²) in [6.07, 6.45) is 0.421. The van der Waals surface area contributed by atoms with E-state index >= 15 is 0 Å². The fourth-order valence-corrected chi connectivity index (χ4v) is 4.70. The smallest absolute Gasteiger partial charge is 0.261 e. The van der Waals surface area contributed by atoms with Crippen molar-refractivity contribution in [2.24, 2.45) is 0 Å². The monoisotopic (exact) mass is 519 g/mol. The van der Waals surface area contributed by atoms with E-state index in [0.717, 1.165) is 16.5 Å². The first kappa shape index (κ1) is 23.7. The van der Waals surface area contributed by atoms with Crippen molar-refractivity contribution in [3.05, 3.63) is 116 Å². The molecule has 3 aromatic heterocycles. The van der Waals surface area contributed by atoms with Gasteiger partial charge in [-0.3, -0.25) is 14.6 Å². The number of aromatic amines is 1. The van der Waals surface area contributed by atoms with Gasteiger partial charge in [-0.15, -0.1) is 11.3 Å². The maximum absolute atomic E-state index is 14.4. The molecule has 5 aromatic rings. The molecule has 36 heavy (non-hydrogen) atoms. The number of halogens is 2. The van der Waals surface area contributed by atoms with Gasteiger partial charge in [-0.05, 0) is 36.1 Å². The molecule has 0 radical (unpaired) electrons. The molecule has 1 amide bonds. The summed E-state index contributed by atoms with van der Waals surface area (Å²) in [5.74, 6) is -1.19. The van der Waals surface area contributed by atoms with Crippen LogP contribution in [0.25, 0.3) is 16.5 Å². The predicted octanol–water partition coefficient (Wildman–Crippen LogP) is 5.63. The largest absolute Gasteiger partial charge is 0.306 e. The molecular weight excluding hydrogens is 501 g/mol. The van der Waals surface area contributed by atoms with E-state index in [1.54, 1.807) is 13.0 Å². The molecule has 7 nitrogen and oxygen atoms in total. The minimum Gasteiger partial charge on any atom is -0.306 e. The summed E-state index contributed by atoms with van der Waals surface area (Å²) in [5.41, 5.74) is 1.98. The Hall–Kier alpha value is -4.08. The Morgan fingerprint density at radius 1 is 1.14 bits per heavy atom. The molecule has 10 heteroatoms. The summed E-state index contributed by atoms with van der Waals surface area (Å²) >= 11 is 7.54. The molecule has 0 saturated carbocycles. The number of H-pyrrole nitrogens is 1. The van der Waals surface area contributed by atoms with Crippen LogP contribution in [0.3, 0.4) is 0 Å². The van der Waals surface area contributed by atoms with Crippen molar-refractivity contribution in [2.45, 2.75) is 13.3 Å². The van der Waals surface area contributed by atoms with Crippen LogP contribution >= 0.6 is 22.9 Å². The Morgan fingerprint density at radius 3 is 2.64 bits per heavy atom. The number of carbonyl (C=O) groups excluding carboxylic acids is 1. The number of nitrogens with one attached hydrogen (secondary N) is 2. The second kappa shape index (κ2) is 9.88. The van der Waals surface area contributed by atoms with E-state index < -0.39 is 11.7 Å². The Balaban J connectivity index is 1.56. The first-order chi connectivity index (χ1) is 17.4. The number of thiophene rings is 1. The average Bonchev–Trinajstić information content (AvgIpc) is 3.52. The van der Waals surface area contributed by atoms with Gasteiger partial charge < -0.3 is 5.32 Å². The van der Waals surface area contributed by atoms with E-state index in [4.69, 9.17) is 11.6 Å². The van der Waals surface area contributed by atoms with Crippen LogP contribution in [0.5, 0.6) is 0 Å². The lowest BCUT2D eigenvalue weighted by Crippen LogP contribution is -2.22. The highest BCUT2D eigenvalue weighted by Crippen LogP contribution is 2.28. The number of rotatable bonds is 6. The molecule has 0 aliphatic rings. The van der Waals surface area contributed by atoms with Crippen LogP contribution in [0.4, 0.5) is 10.2 Å². The maximum atomic E-state index is 14.4. The summed E-state index contributed by atoms with van der Waals surface area (Å²) in [6.45, 7) is 1.75. The second-order valence-corrected chi connectivity index (χ2v) is 9.33. The molecular formula is C26H19ClFN5O2S. The third-order valence-corrected chi connectivity index (χ3v) is 6.76. The lowest BCUT2D eigenvalue weighted by atomic mass is 10.1. The van der Waals surface area contributed by atoms with Gasteiger partial charge in [0.2, 0.25) is 5.95 Å². The molecule has 0 aliphatic carbocycles. The molecule has 2 aromatic carbocycles. The topological polar surface area (TPSA) is 92.7 Å². The van der Waals surface area contributed by atoms with Crippen molar-refractivity contribution in [3.8, 4) is 16.5 Å². The molecule has 0 atom stereocenters. The van der Waals surface area contributed by atoms with Crippen LogP contribution in [0.1, 0.15) is 27.2 Å². The highest BCUT2D eigenvalue weighted by molar-refractivity contribution is 7.13. The highest BCUT2D eigenvalue weighted by atomic mass is 35.5. The van der Waals surface area contributed by atoms with Crippen LogP contribution in [0, 0.1) is 12.7 Å². The normalized spacial score (nSPS) is 11.0. The zero-order chi connectivity index (χ0) is 25.2. The van der Waals surface area contributed by atoms with Gasteiger partial charge in [0.05, 0.1) is 21.2 Å². The molecule has 0 aliphatic heterocycles. The minimum atomic E-state index is -0.753. The molecule has 0 bridgehead atoms. The molecule has 0 fully saturated rings. The van der Waals surface area contributed by atoms with Crippen molar-refractivity contribution in [3.63, 3.8) is 0 Å². The predicted molar refractivity (Wildman–Crippen MR) is 139 cm³/mol. The number of amides is 1.